The molecule has 0 radical (unpaired) electrons. The zero-order valence-electron chi connectivity index (χ0n) is 15.2. The molecule has 0 amide bonds. The highest BCUT2D eigenvalue weighted by molar-refractivity contribution is 5.79. The van der Waals surface area contributed by atoms with E-state index < -0.39 is 0 Å². The minimum Gasteiger partial charge on any atom is -0.357 e. The summed E-state index contributed by atoms with van der Waals surface area (Å²) in [6.45, 7) is 6.74. The highest BCUT2D eigenvalue weighted by atomic mass is 19.1. The van der Waals surface area contributed by atoms with Gasteiger partial charge in [-0.05, 0) is 43.7 Å². The molecule has 0 fully saturated rings. The van der Waals surface area contributed by atoms with E-state index in [1.165, 1.54) is 12.1 Å². The highest BCUT2D eigenvalue weighted by Gasteiger charge is 2.06. The van der Waals surface area contributed by atoms with Gasteiger partial charge in [-0.1, -0.05) is 24.3 Å². The largest absolute Gasteiger partial charge is 0.357 e. The molecule has 136 valence electrons. The van der Waals surface area contributed by atoms with Crippen LogP contribution in [0, 0.1) is 12.7 Å². The minimum absolute atomic E-state index is 0.238. The molecule has 3 rings (SSSR count). The van der Waals surface area contributed by atoms with Gasteiger partial charge >= 0.3 is 0 Å². The molecule has 3 aromatic rings. The van der Waals surface area contributed by atoms with Crippen molar-refractivity contribution >= 4 is 17.0 Å². The fraction of sp³-hybridized carbons (Fsp3) is 0.300. The second kappa shape index (κ2) is 8.47. The quantitative estimate of drug-likeness (QED) is 0.528. The van der Waals surface area contributed by atoms with Crippen LogP contribution in [-0.4, -0.2) is 28.6 Å². The van der Waals surface area contributed by atoms with Gasteiger partial charge in [0.1, 0.15) is 11.6 Å². The molecule has 0 atom stereocenters. The minimum atomic E-state index is -0.238. The maximum absolute atomic E-state index is 13.3. The Kier molecular flexibility index (Phi) is 5.84. The number of hydrogen-bond acceptors (Lipinski definition) is 2. The third kappa shape index (κ3) is 4.39. The molecule has 2 N–H and O–H groups in total. The maximum Gasteiger partial charge on any atom is 0.191 e. The average Bonchev–Trinajstić information content (AvgIpc) is 2.95. The zero-order chi connectivity index (χ0) is 18.4. The second-order valence-corrected chi connectivity index (χ2v) is 6.05. The molecule has 0 bridgehead atoms. The van der Waals surface area contributed by atoms with Crippen LogP contribution in [0.5, 0.6) is 0 Å². The number of guanidine groups is 1. The van der Waals surface area contributed by atoms with Crippen LogP contribution >= 0.6 is 0 Å². The predicted octanol–water partition coefficient (Wildman–Crippen LogP) is 3.24. The van der Waals surface area contributed by atoms with Crippen LogP contribution in [-0.2, 0) is 13.1 Å². The predicted molar refractivity (Wildman–Crippen MR) is 104 cm³/mol. The van der Waals surface area contributed by atoms with E-state index in [0.29, 0.717) is 6.54 Å². The number of halogens is 1. The van der Waals surface area contributed by atoms with Gasteiger partial charge in [-0.3, -0.25) is 0 Å². The van der Waals surface area contributed by atoms with Crippen LogP contribution in [0.15, 0.2) is 53.5 Å². The number of aryl methyl sites for hydroxylation is 1. The van der Waals surface area contributed by atoms with Crippen molar-refractivity contribution in [1.82, 2.24) is 20.2 Å². The summed E-state index contributed by atoms with van der Waals surface area (Å²) in [5.74, 6) is 1.48. The van der Waals surface area contributed by atoms with Crippen molar-refractivity contribution in [3.8, 4) is 0 Å². The van der Waals surface area contributed by atoms with Crippen LogP contribution in [0.1, 0.15) is 18.3 Å². The Hall–Kier alpha value is -2.89. The zero-order valence-corrected chi connectivity index (χ0v) is 15.2. The molecular formula is C20H24FN5. The fourth-order valence-corrected chi connectivity index (χ4v) is 2.91. The normalized spacial score (nSPS) is 11.7. The summed E-state index contributed by atoms with van der Waals surface area (Å²) in [7, 11) is 0. The van der Waals surface area contributed by atoms with E-state index in [-0.39, 0.29) is 5.82 Å². The molecular weight excluding hydrogens is 329 g/mol. The summed E-state index contributed by atoms with van der Waals surface area (Å²) in [5, 5.41) is 6.55. The standard InChI is InChI=1S/C20H24FN5/c1-3-22-20(24-14-16-7-6-8-17(21)13-16)23-11-12-26-15(2)25-18-9-4-5-10-19(18)26/h4-10,13H,3,11-12,14H2,1-2H3,(H2,22,23,24). The summed E-state index contributed by atoms with van der Waals surface area (Å²) in [6, 6.07) is 14.7. The fourth-order valence-electron chi connectivity index (χ4n) is 2.91. The first-order chi connectivity index (χ1) is 12.7. The average molecular weight is 353 g/mol. The molecule has 1 heterocycles. The van der Waals surface area contributed by atoms with Crippen molar-refractivity contribution in [3.05, 3.63) is 65.7 Å². The van der Waals surface area contributed by atoms with Gasteiger partial charge < -0.3 is 15.2 Å². The van der Waals surface area contributed by atoms with Gasteiger partial charge in [-0.2, -0.15) is 0 Å². The monoisotopic (exact) mass is 353 g/mol. The van der Waals surface area contributed by atoms with Crippen molar-refractivity contribution in [1.29, 1.82) is 0 Å². The van der Waals surface area contributed by atoms with Gasteiger partial charge in [0.15, 0.2) is 5.96 Å². The highest BCUT2D eigenvalue weighted by Crippen LogP contribution is 2.14. The Bertz CT molecular complexity index is 900. The van der Waals surface area contributed by atoms with Gasteiger partial charge in [0.05, 0.1) is 17.6 Å². The van der Waals surface area contributed by atoms with Gasteiger partial charge in [0, 0.05) is 19.6 Å². The summed E-state index contributed by atoms with van der Waals surface area (Å²) >= 11 is 0. The number of para-hydroxylation sites is 2. The molecule has 0 saturated carbocycles. The molecule has 5 nitrogen and oxygen atoms in total. The van der Waals surface area contributed by atoms with E-state index in [9.17, 15) is 4.39 Å². The Labute approximate surface area is 153 Å². The topological polar surface area (TPSA) is 54.2 Å². The molecule has 2 aromatic carbocycles. The van der Waals surface area contributed by atoms with Gasteiger partial charge in [0.2, 0.25) is 0 Å². The van der Waals surface area contributed by atoms with Crippen LogP contribution in [0.3, 0.4) is 0 Å². The lowest BCUT2D eigenvalue weighted by molar-refractivity contribution is 0.625. The Morgan fingerprint density at radius 3 is 2.81 bits per heavy atom. The first kappa shape index (κ1) is 17.9. The summed E-state index contributed by atoms with van der Waals surface area (Å²) in [4.78, 5) is 9.12. The van der Waals surface area contributed by atoms with Crippen LogP contribution in [0.2, 0.25) is 0 Å². The smallest absolute Gasteiger partial charge is 0.191 e. The molecule has 6 heteroatoms. The van der Waals surface area contributed by atoms with Gasteiger partial charge in [-0.15, -0.1) is 0 Å². The van der Waals surface area contributed by atoms with Crippen LogP contribution in [0.25, 0.3) is 11.0 Å². The van der Waals surface area contributed by atoms with E-state index in [1.54, 1.807) is 6.07 Å². The SMILES string of the molecule is CCNC(=NCc1cccc(F)c1)NCCn1c(C)nc2ccccc21. The third-order valence-electron chi connectivity index (χ3n) is 4.13. The number of fused-ring (bicyclic) bond motifs is 1. The summed E-state index contributed by atoms with van der Waals surface area (Å²) in [5.41, 5.74) is 2.99. The molecule has 0 aliphatic rings. The summed E-state index contributed by atoms with van der Waals surface area (Å²) < 4.78 is 15.5. The lowest BCUT2D eigenvalue weighted by atomic mass is 10.2. The van der Waals surface area contributed by atoms with Gasteiger partial charge in [0.25, 0.3) is 0 Å². The van der Waals surface area contributed by atoms with E-state index in [4.69, 9.17) is 0 Å². The lowest BCUT2D eigenvalue weighted by Crippen LogP contribution is -2.38. The molecule has 26 heavy (non-hydrogen) atoms. The molecule has 1 aromatic heterocycles. The number of benzene rings is 2. The molecule has 0 aliphatic carbocycles. The number of rotatable bonds is 6. The van der Waals surface area contributed by atoms with E-state index in [0.717, 1.165) is 48.0 Å². The van der Waals surface area contributed by atoms with Crippen molar-refractivity contribution in [2.75, 3.05) is 13.1 Å². The Morgan fingerprint density at radius 2 is 2.00 bits per heavy atom. The summed E-state index contributed by atoms with van der Waals surface area (Å²) in [6.07, 6.45) is 0. The van der Waals surface area contributed by atoms with E-state index >= 15 is 0 Å². The molecule has 0 spiro atoms. The Balaban J connectivity index is 1.63. The number of aliphatic imine (C=N–C) groups is 1. The second-order valence-electron chi connectivity index (χ2n) is 6.05. The maximum atomic E-state index is 13.3. The number of nitrogens with one attached hydrogen (secondary N) is 2. The van der Waals surface area contributed by atoms with Crippen molar-refractivity contribution < 1.29 is 4.39 Å². The van der Waals surface area contributed by atoms with Crippen molar-refractivity contribution in [2.24, 2.45) is 4.99 Å². The van der Waals surface area contributed by atoms with Crippen molar-refractivity contribution in [3.63, 3.8) is 0 Å². The molecule has 0 saturated heterocycles. The molecule has 0 aliphatic heterocycles. The number of aromatic nitrogens is 2. The number of hydrogen-bond donors (Lipinski definition) is 2. The van der Waals surface area contributed by atoms with Gasteiger partial charge in [-0.25, -0.2) is 14.4 Å². The number of nitrogens with zero attached hydrogens (tertiary/aromatic N) is 3. The van der Waals surface area contributed by atoms with Crippen molar-refractivity contribution in [2.45, 2.75) is 26.9 Å². The van der Waals surface area contributed by atoms with Crippen LogP contribution < -0.4 is 10.6 Å². The lowest BCUT2D eigenvalue weighted by Gasteiger charge is -2.13. The van der Waals surface area contributed by atoms with Crippen LogP contribution in [0.4, 0.5) is 4.39 Å². The number of imidazole rings is 1. The first-order valence-corrected chi connectivity index (χ1v) is 8.86. The molecule has 0 unspecified atom stereocenters. The first-order valence-electron chi connectivity index (χ1n) is 8.86. The van der Waals surface area contributed by atoms with E-state index in [2.05, 4.69) is 31.2 Å². The third-order valence-corrected chi connectivity index (χ3v) is 4.13. The van der Waals surface area contributed by atoms with E-state index in [1.807, 2.05) is 38.1 Å². The Morgan fingerprint density at radius 1 is 1.15 bits per heavy atom.